The normalized spacial score (nSPS) is 12.6. The largest absolute Gasteiger partial charge is 0.458 e. The molecule has 13 aromatic rings. The van der Waals surface area contributed by atoms with E-state index in [0.717, 1.165) is 72.9 Å². The molecule has 72 heavy (non-hydrogen) atoms. The van der Waals surface area contributed by atoms with E-state index in [2.05, 4.69) is 270 Å². The van der Waals surface area contributed by atoms with Gasteiger partial charge in [-0.2, -0.15) is 0 Å². The average Bonchev–Trinajstić information content (AvgIpc) is 3.97. The molecule has 2 aromatic heterocycles. The van der Waals surface area contributed by atoms with Crippen LogP contribution in [0.4, 0.5) is 0 Å². The van der Waals surface area contributed by atoms with Gasteiger partial charge in [-0.1, -0.05) is 206 Å². The number of aromatic nitrogens is 2. The highest BCUT2D eigenvalue weighted by molar-refractivity contribution is 7.20. The molecule has 11 aromatic carbocycles. The van der Waals surface area contributed by atoms with Crippen molar-refractivity contribution in [3.05, 3.63) is 261 Å². The van der Waals surface area contributed by atoms with Crippen molar-refractivity contribution < 1.29 is 9.47 Å². The van der Waals surface area contributed by atoms with Gasteiger partial charge in [-0.25, -0.2) is 0 Å². The smallest absolute Gasteiger partial charge is 0.260 e. The molecule has 0 N–H and O–H groups in total. The Kier molecular flexibility index (Phi) is 9.04. The van der Waals surface area contributed by atoms with Crippen molar-refractivity contribution in [3.8, 4) is 45.5 Å². The van der Waals surface area contributed by atoms with Crippen LogP contribution in [0.5, 0.6) is 23.0 Å². The van der Waals surface area contributed by atoms with Gasteiger partial charge >= 0.3 is 0 Å². The molecule has 0 aliphatic carbocycles. The highest BCUT2D eigenvalue weighted by Gasteiger charge is 2.43. The van der Waals surface area contributed by atoms with Gasteiger partial charge in [0, 0.05) is 50.0 Å². The molecule has 0 radical (unpaired) electrons. The summed E-state index contributed by atoms with van der Waals surface area (Å²) in [6.07, 6.45) is 0. The van der Waals surface area contributed by atoms with E-state index in [4.69, 9.17) is 9.47 Å². The molecule has 4 heterocycles. The molecule has 0 unspecified atom stereocenters. The lowest BCUT2D eigenvalue weighted by Gasteiger charge is -2.35. The zero-order valence-corrected chi connectivity index (χ0v) is 40.1. The first-order valence-corrected chi connectivity index (χ1v) is 26.8. The summed E-state index contributed by atoms with van der Waals surface area (Å²) in [6, 6.07) is 95.4. The fourth-order valence-corrected chi connectivity index (χ4v) is 17.2. The lowest BCUT2D eigenvalue weighted by Crippen LogP contribution is -2.74. The minimum absolute atomic E-state index is 0.113. The van der Waals surface area contributed by atoms with E-state index >= 15 is 0 Å². The zero-order chi connectivity index (χ0) is 47.3. The Labute approximate surface area is 418 Å². The topological polar surface area (TPSA) is 28.3 Å². The zero-order valence-electron chi connectivity index (χ0n) is 39.1. The third kappa shape index (κ3) is 5.87. The highest BCUT2D eigenvalue weighted by Crippen LogP contribution is 2.44. The summed E-state index contributed by atoms with van der Waals surface area (Å²) in [4.78, 5) is 0. The van der Waals surface area contributed by atoms with E-state index in [9.17, 15) is 0 Å². The second-order valence-corrected chi connectivity index (χ2v) is 22.9. The maximum absolute atomic E-state index is 7.51. The third-order valence-electron chi connectivity index (χ3n) is 15.4. The quantitative estimate of drug-likeness (QED) is 0.118. The van der Waals surface area contributed by atoms with E-state index in [-0.39, 0.29) is 6.71 Å². The van der Waals surface area contributed by atoms with Crippen LogP contribution in [0, 0.1) is 0 Å². The second-order valence-electron chi connectivity index (χ2n) is 19.1. The van der Waals surface area contributed by atoms with Crippen LogP contribution in [0.1, 0.15) is 0 Å². The molecule has 0 fully saturated rings. The summed E-state index contributed by atoms with van der Waals surface area (Å²) in [5.74, 6) is 3.35. The minimum Gasteiger partial charge on any atom is -0.458 e. The third-order valence-corrected chi connectivity index (χ3v) is 20.2. The molecule has 4 nitrogen and oxygen atoms in total. The van der Waals surface area contributed by atoms with Gasteiger partial charge in [-0.05, 0) is 85.8 Å². The Bertz CT molecular complexity index is 4190. The lowest BCUT2D eigenvalue weighted by atomic mass is 9.34. The van der Waals surface area contributed by atoms with Gasteiger partial charge in [0.2, 0.25) is 0 Å². The van der Waals surface area contributed by atoms with Gasteiger partial charge in [0.25, 0.3) is 6.71 Å². The molecule has 15 rings (SSSR count). The molecule has 0 amide bonds. The standard InChI is InChI=1S/C66H43BN2O2Si/c1-5-21-45(22-6-1)68-58-33-16-13-30-52(58)54-37-38-55-53-31-14-17-34-59(53)69(65(55)64(54)68)46-36-40-57-62(43-46)71-66-51(39-41-61-63(66)67(57)56-32-15-18-35-60(56)70-61)44-20-19-29-50(42-44)72(47-23-7-2-8-24-47,48-25-9-3-10-26-48)49-27-11-4-12-28-49/h1-43H. The van der Waals surface area contributed by atoms with Crippen molar-refractivity contribution >= 4 is 95.5 Å². The number of hydrogen-bond acceptors (Lipinski definition) is 2. The van der Waals surface area contributed by atoms with E-state index in [1.54, 1.807) is 0 Å². The Morgan fingerprint density at radius 2 is 0.861 bits per heavy atom. The molecule has 2 aliphatic rings. The summed E-state index contributed by atoms with van der Waals surface area (Å²) in [5, 5.41) is 10.1. The highest BCUT2D eigenvalue weighted by atomic mass is 28.3. The van der Waals surface area contributed by atoms with E-state index in [1.807, 2.05) is 0 Å². The van der Waals surface area contributed by atoms with Crippen LogP contribution in [-0.2, 0) is 0 Å². The number of fused-ring (bicyclic) bond motifs is 11. The summed E-state index contributed by atoms with van der Waals surface area (Å²) in [6.45, 7) is -0.113. The Hall–Kier alpha value is -9.10. The van der Waals surface area contributed by atoms with E-state index in [0.29, 0.717) is 0 Å². The van der Waals surface area contributed by atoms with Crippen LogP contribution in [0.2, 0.25) is 0 Å². The molecule has 0 spiro atoms. The Morgan fingerprint density at radius 1 is 0.333 bits per heavy atom. The SMILES string of the molecule is c1ccc(-n2c3ccccc3c3ccc4c5ccccc5n(-c5ccc6c(c5)Oc5c(-c7cccc([Si](c8ccccc8)(c8ccccc8)c8ccccc8)c7)ccc7c5B6c5ccccc5O7)c4c32)cc1. The van der Waals surface area contributed by atoms with Crippen molar-refractivity contribution in [1.29, 1.82) is 0 Å². The second kappa shape index (κ2) is 16.0. The van der Waals surface area contributed by atoms with Crippen molar-refractivity contribution in [2.45, 2.75) is 0 Å². The average molecular weight is 935 g/mol. The number of ether oxygens (including phenoxy) is 2. The summed E-state index contributed by atoms with van der Waals surface area (Å²) < 4.78 is 19.2. The van der Waals surface area contributed by atoms with Crippen LogP contribution in [0.15, 0.2) is 261 Å². The van der Waals surface area contributed by atoms with E-state index < -0.39 is 8.07 Å². The predicted molar refractivity (Wildman–Crippen MR) is 302 cm³/mol. The van der Waals surface area contributed by atoms with Gasteiger partial charge in [0.15, 0.2) is 8.07 Å². The molecule has 0 saturated heterocycles. The molecule has 336 valence electrons. The first kappa shape index (κ1) is 40.8. The van der Waals surface area contributed by atoms with Crippen LogP contribution < -0.4 is 46.6 Å². The monoisotopic (exact) mass is 934 g/mol. The van der Waals surface area contributed by atoms with Crippen LogP contribution in [0.25, 0.3) is 66.1 Å². The Morgan fingerprint density at radius 3 is 1.50 bits per heavy atom. The van der Waals surface area contributed by atoms with Gasteiger partial charge in [-0.3, -0.25) is 0 Å². The number of rotatable bonds is 7. The maximum Gasteiger partial charge on any atom is 0.260 e. The van der Waals surface area contributed by atoms with Gasteiger partial charge in [0.05, 0.1) is 22.1 Å². The first-order valence-electron chi connectivity index (χ1n) is 24.8. The Balaban J connectivity index is 0.967. The van der Waals surface area contributed by atoms with Gasteiger partial charge in [0.1, 0.15) is 23.0 Å². The summed E-state index contributed by atoms with van der Waals surface area (Å²) >= 11 is 0. The van der Waals surface area contributed by atoms with Crippen molar-refractivity contribution in [1.82, 2.24) is 9.13 Å². The molecule has 2 aliphatic heterocycles. The summed E-state index contributed by atoms with van der Waals surface area (Å²) in [7, 11) is -2.84. The van der Waals surface area contributed by atoms with Gasteiger partial charge in [-0.15, -0.1) is 0 Å². The molecular weight excluding hydrogens is 892 g/mol. The lowest BCUT2D eigenvalue weighted by molar-refractivity contribution is 0.465. The van der Waals surface area contributed by atoms with Crippen molar-refractivity contribution in [3.63, 3.8) is 0 Å². The molecule has 0 saturated carbocycles. The van der Waals surface area contributed by atoms with Gasteiger partial charge < -0.3 is 18.6 Å². The van der Waals surface area contributed by atoms with Crippen molar-refractivity contribution in [2.75, 3.05) is 0 Å². The number of nitrogens with zero attached hydrogens (tertiary/aromatic N) is 2. The predicted octanol–water partition coefficient (Wildman–Crippen LogP) is 11.7. The number of hydrogen-bond donors (Lipinski definition) is 0. The van der Waals surface area contributed by atoms with Crippen molar-refractivity contribution in [2.24, 2.45) is 0 Å². The fraction of sp³-hybridized carbons (Fsp3) is 0. The van der Waals surface area contributed by atoms with Crippen LogP contribution in [-0.4, -0.2) is 23.9 Å². The number of para-hydroxylation sites is 4. The van der Waals surface area contributed by atoms with E-state index in [1.165, 1.54) is 53.3 Å². The maximum atomic E-state index is 7.51. The summed E-state index contributed by atoms with van der Waals surface area (Å²) in [5.41, 5.74) is 12.2. The number of benzene rings is 11. The molecule has 0 bridgehead atoms. The molecule has 6 heteroatoms. The molecular formula is C66H43BN2O2Si. The van der Waals surface area contributed by atoms with Crippen LogP contribution in [0.3, 0.4) is 0 Å². The molecule has 0 atom stereocenters. The van der Waals surface area contributed by atoms with Crippen LogP contribution >= 0.6 is 0 Å². The first-order chi connectivity index (χ1) is 35.7. The minimum atomic E-state index is -2.84. The fourth-order valence-electron chi connectivity index (χ4n) is 12.4.